The molecule has 0 unspecified atom stereocenters. The summed E-state index contributed by atoms with van der Waals surface area (Å²) >= 11 is 0. The van der Waals surface area contributed by atoms with Gasteiger partial charge in [0.15, 0.2) is 0 Å². The van der Waals surface area contributed by atoms with Gasteiger partial charge in [0.25, 0.3) is 0 Å². The van der Waals surface area contributed by atoms with E-state index in [0.717, 1.165) is 25.3 Å². The summed E-state index contributed by atoms with van der Waals surface area (Å²) in [4.78, 5) is 29.9. The van der Waals surface area contributed by atoms with Crippen LogP contribution >= 0.6 is 0 Å². The van der Waals surface area contributed by atoms with Crippen LogP contribution in [0.2, 0.25) is 0 Å². The molecule has 174 valence electrons. The minimum atomic E-state index is -0.681. The molecule has 33 heavy (non-hydrogen) atoms. The van der Waals surface area contributed by atoms with Crippen LogP contribution in [0, 0.1) is 11.2 Å². The molecule has 2 aromatic rings. The number of hydrogen-bond acceptors (Lipinski definition) is 9. The molecule has 1 aromatic carbocycles. The topological polar surface area (TPSA) is 130 Å². The van der Waals surface area contributed by atoms with Crippen molar-refractivity contribution in [3.8, 4) is 11.1 Å². The molecule has 0 atom stereocenters. The Bertz CT molecular complexity index is 1030. The lowest BCUT2D eigenvalue weighted by Gasteiger charge is -2.32. The number of nitrogens with zero attached hydrogens (tertiary/aromatic N) is 5. The monoisotopic (exact) mass is 455 g/mol. The zero-order valence-corrected chi connectivity index (χ0v) is 18.2. The molecule has 4 rings (SSSR count). The number of rotatable bonds is 10. The number of likely N-dealkylation sites (tertiary alicyclic amines) is 1. The van der Waals surface area contributed by atoms with E-state index in [4.69, 9.17) is 20.7 Å². The summed E-state index contributed by atoms with van der Waals surface area (Å²) in [5, 5.41) is 11.3. The highest BCUT2D eigenvalue weighted by Gasteiger charge is 2.25. The van der Waals surface area contributed by atoms with Gasteiger partial charge >= 0.3 is 5.97 Å². The molecule has 0 saturated carbocycles. The highest BCUT2D eigenvalue weighted by atomic mass is 19.1. The number of anilines is 1. The fourth-order valence-corrected chi connectivity index (χ4v) is 3.41. The normalized spacial score (nSPS) is 15.4. The molecule has 1 aromatic heterocycles. The lowest BCUT2D eigenvalue weighted by Crippen LogP contribution is -2.48. The summed E-state index contributed by atoms with van der Waals surface area (Å²) in [5.74, 6) is -0.966. The summed E-state index contributed by atoms with van der Waals surface area (Å²) in [6.07, 6.45) is 4.05. The first-order chi connectivity index (χ1) is 16.0. The van der Waals surface area contributed by atoms with Crippen LogP contribution in [0.4, 0.5) is 10.3 Å². The summed E-state index contributed by atoms with van der Waals surface area (Å²) in [5.41, 5.74) is 7.14. The van der Waals surface area contributed by atoms with Gasteiger partial charge in [-0.05, 0) is 19.5 Å². The van der Waals surface area contributed by atoms with Gasteiger partial charge in [0, 0.05) is 35.6 Å². The molecule has 0 aliphatic carbocycles. The van der Waals surface area contributed by atoms with Crippen molar-refractivity contribution in [3.63, 3.8) is 0 Å². The third kappa shape index (κ3) is 5.80. The standard InChI is InChI=1S/C22H26FN7O3/c23-21-15(14-32-20(31)9-19(24)25)3-1-4-18(21)16-10-26-22(27-11-16)30-12-17(13-30)28-33-8-7-29-5-2-6-29/h1,3-4,10-11H,2,5-9,12-14H2,(H3,24,25). The van der Waals surface area contributed by atoms with E-state index in [1.54, 1.807) is 24.5 Å². The summed E-state index contributed by atoms with van der Waals surface area (Å²) in [6.45, 7) is 4.73. The van der Waals surface area contributed by atoms with Crippen LogP contribution in [0.1, 0.15) is 18.4 Å². The molecule has 2 aliphatic heterocycles. The summed E-state index contributed by atoms with van der Waals surface area (Å²) < 4.78 is 19.9. The number of amidine groups is 1. The Hall–Kier alpha value is -3.60. The average Bonchev–Trinajstić information content (AvgIpc) is 2.72. The molecule has 3 N–H and O–H groups in total. The van der Waals surface area contributed by atoms with Gasteiger partial charge in [-0.15, -0.1) is 0 Å². The van der Waals surface area contributed by atoms with Crippen molar-refractivity contribution in [2.45, 2.75) is 19.4 Å². The van der Waals surface area contributed by atoms with E-state index in [9.17, 15) is 9.18 Å². The zero-order valence-electron chi connectivity index (χ0n) is 18.2. The van der Waals surface area contributed by atoms with E-state index >= 15 is 0 Å². The molecule has 0 spiro atoms. The quantitative estimate of drug-likeness (QED) is 0.181. The van der Waals surface area contributed by atoms with Crippen molar-refractivity contribution in [1.29, 1.82) is 5.41 Å². The number of oxime groups is 1. The number of nitrogens with two attached hydrogens (primary N) is 1. The Morgan fingerprint density at radius 1 is 1.24 bits per heavy atom. The third-order valence-electron chi connectivity index (χ3n) is 5.42. The van der Waals surface area contributed by atoms with Crippen LogP contribution in [0.3, 0.4) is 0 Å². The summed E-state index contributed by atoms with van der Waals surface area (Å²) in [6, 6.07) is 4.81. The predicted molar refractivity (Wildman–Crippen MR) is 120 cm³/mol. The second-order valence-corrected chi connectivity index (χ2v) is 7.96. The van der Waals surface area contributed by atoms with Crippen molar-refractivity contribution in [2.24, 2.45) is 10.9 Å². The zero-order chi connectivity index (χ0) is 23.2. The fourth-order valence-electron chi connectivity index (χ4n) is 3.41. The Labute approximate surface area is 190 Å². The van der Waals surface area contributed by atoms with E-state index in [1.807, 2.05) is 4.90 Å². The minimum absolute atomic E-state index is 0.214. The molecule has 2 fully saturated rings. The Morgan fingerprint density at radius 2 is 2.00 bits per heavy atom. The molecule has 3 heterocycles. The first-order valence-electron chi connectivity index (χ1n) is 10.7. The predicted octanol–water partition coefficient (Wildman–Crippen LogP) is 1.55. The number of hydrogen-bond donors (Lipinski definition) is 2. The number of ether oxygens (including phenoxy) is 1. The molecule has 0 amide bonds. The van der Waals surface area contributed by atoms with Crippen LogP contribution in [0.15, 0.2) is 35.7 Å². The lowest BCUT2D eigenvalue weighted by atomic mass is 10.1. The smallest absolute Gasteiger partial charge is 0.313 e. The van der Waals surface area contributed by atoms with Gasteiger partial charge in [-0.1, -0.05) is 23.4 Å². The molecular formula is C22H26FN7O3. The first-order valence-corrected chi connectivity index (χ1v) is 10.7. The lowest BCUT2D eigenvalue weighted by molar-refractivity contribution is -0.143. The van der Waals surface area contributed by atoms with Crippen molar-refractivity contribution >= 4 is 23.5 Å². The van der Waals surface area contributed by atoms with Gasteiger partial charge in [-0.25, -0.2) is 14.4 Å². The van der Waals surface area contributed by atoms with Gasteiger partial charge in [-0.3, -0.25) is 15.1 Å². The number of benzene rings is 1. The van der Waals surface area contributed by atoms with Crippen LogP contribution in [0.25, 0.3) is 11.1 Å². The van der Waals surface area contributed by atoms with Crippen LogP contribution in [0.5, 0.6) is 0 Å². The van der Waals surface area contributed by atoms with Crippen molar-refractivity contribution in [2.75, 3.05) is 44.2 Å². The third-order valence-corrected chi connectivity index (χ3v) is 5.42. The SMILES string of the molecule is N=C(N)CC(=O)OCc1cccc(-c2cnc(N3CC(=NOCCN4CCC4)C3)nc2)c1F. The van der Waals surface area contributed by atoms with Gasteiger partial charge in [0.1, 0.15) is 31.3 Å². The van der Waals surface area contributed by atoms with E-state index in [1.165, 1.54) is 12.5 Å². The van der Waals surface area contributed by atoms with Crippen molar-refractivity contribution in [3.05, 3.63) is 42.0 Å². The number of halogens is 1. The highest BCUT2D eigenvalue weighted by molar-refractivity contribution is 5.98. The van der Waals surface area contributed by atoms with Crippen molar-refractivity contribution < 1.29 is 18.8 Å². The number of nitrogens with one attached hydrogen (secondary N) is 1. The molecule has 10 nitrogen and oxygen atoms in total. The molecular weight excluding hydrogens is 429 g/mol. The molecule has 0 bridgehead atoms. The van der Waals surface area contributed by atoms with Gasteiger partial charge in [0.05, 0.1) is 18.8 Å². The van der Waals surface area contributed by atoms with Crippen LogP contribution < -0.4 is 10.6 Å². The number of carbonyl (C=O) groups is 1. The molecule has 11 heteroatoms. The Kier molecular flexibility index (Phi) is 7.08. The maximum absolute atomic E-state index is 14.9. The Morgan fingerprint density at radius 3 is 2.67 bits per heavy atom. The largest absolute Gasteiger partial charge is 0.460 e. The highest BCUT2D eigenvalue weighted by Crippen LogP contribution is 2.26. The van der Waals surface area contributed by atoms with Crippen LogP contribution in [-0.4, -0.2) is 71.7 Å². The van der Waals surface area contributed by atoms with Gasteiger partial charge < -0.3 is 20.2 Å². The average molecular weight is 455 g/mol. The number of esters is 1. The fraction of sp³-hybridized carbons (Fsp3) is 0.409. The number of aromatic nitrogens is 2. The molecule has 2 saturated heterocycles. The van der Waals surface area contributed by atoms with Gasteiger partial charge in [0.2, 0.25) is 5.95 Å². The molecule has 2 aliphatic rings. The van der Waals surface area contributed by atoms with E-state index in [-0.39, 0.29) is 24.4 Å². The van der Waals surface area contributed by atoms with E-state index in [0.29, 0.717) is 36.8 Å². The maximum atomic E-state index is 14.9. The van der Waals surface area contributed by atoms with Gasteiger partial charge in [-0.2, -0.15) is 0 Å². The van der Waals surface area contributed by atoms with Crippen LogP contribution in [-0.2, 0) is 21.0 Å². The second kappa shape index (κ2) is 10.3. The first kappa shape index (κ1) is 22.6. The Balaban J connectivity index is 1.30. The van der Waals surface area contributed by atoms with E-state index in [2.05, 4.69) is 20.0 Å². The maximum Gasteiger partial charge on any atom is 0.313 e. The number of carbonyl (C=O) groups excluding carboxylic acids is 1. The van der Waals surface area contributed by atoms with Crippen molar-refractivity contribution in [1.82, 2.24) is 14.9 Å². The minimum Gasteiger partial charge on any atom is -0.460 e. The second-order valence-electron chi connectivity index (χ2n) is 7.96. The summed E-state index contributed by atoms with van der Waals surface area (Å²) in [7, 11) is 0. The van der Waals surface area contributed by atoms with E-state index < -0.39 is 11.8 Å². The molecule has 0 radical (unpaired) electrons.